The lowest BCUT2D eigenvalue weighted by Gasteiger charge is -2.24. The lowest BCUT2D eigenvalue weighted by molar-refractivity contribution is -0.140. The van der Waals surface area contributed by atoms with Gasteiger partial charge >= 0.3 is 5.97 Å². The first kappa shape index (κ1) is 10.9. The molecule has 0 aliphatic heterocycles. The van der Waals surface area contributed by atoms with Gasteiger partial charge in [0, 0.05) is 6.04 Å². The lowest BCUT2D eigenvalue weighted by Crippen LogP contribution is -2.46. The monoisotopic (exact) mass is 211 g/mol. The van der Waals surface area contributed by atoms with Gasteiger partial charge in [-0.1, -0.05) is 12.8 Å². The molecule has 2 atom stereocenters. The van der Waals surface area contributed by atoms with Crippen LogP contribution in [0.4, 0.5) is 0 Å². The van der Waals surface area contributed by atoms with Crippen molar-refractivity contribution in [3.05, 3.63) is 0 Å². The molecule has 1 unspecified atom stereocenters. The summed E-state index contributed by atoms with van der Waals surface area (Å²) in [4.78, 5) is 11.1. The summed E-state index contributed by atoms with van der Waals surface area (Å²) >= 11 is 0. The van der Waals surface area contributed by atoms with E-state index in [2.05, 4.69) is 12.2 Å². The molecular formula is C12H21NO2. The summed E-state index contributed by atoms with van der Waals surface area (Å²) in [5, 5.41) is 12.4. The first-order valence-electron chi connectivity index (χ1n) is 6.17. The second-order valence-electron chi connectivity index (χ2n) is 5.15. The highest BCUT2D eigenvalue weighted by Gasteiger charge is 2.37. The van der Waals surface area contributed by atoms with Gasteiger partial charge in [-0.3, -0.25) is 4.79 Å². The van der Waals surface area contributed by atoms with E-state index < -0.39 is 5.97 Å². The summed E-state index contributed by atoms with van der Waals surface area (Å²) in [5.41, 5.74) is 0. The van der Waals surface area contributed by atoms with Gasteiger partial charge in [0.2, 0.25) is 0 Å². The highest BCUT2D eigenvalue weighted by atomic mass is 16.4. The smallest absolute Gasteiger partial charge is 0.320 e. The van der Waals surface area contributed by atoms with E-state index in [1.165, 1.54) is 25.7 Å². The molecule has 86 valence electrons. The van der Waals surface area contributed by atoms with Crippen LogP contribution in [0.1, 0.15) is 45.4 Å². The Labute approximate surface area is 91.2 Å². The van der Waals surface area contributed by atoms with Crippen LogP contribution in [0.15, 0.2) is 0 Å². The van der Waals surface area contributed by atoms with Crippen LogP contribution in [0.25, 0.3) is 0 Å². The average molecular weight is 211 g/mol. The average Bonchev–Trinajstić information content (AvgIpc) is 2.87. The SMILES string of the molecule is C[C@@H](NC(C(=O)O)C1CC1)C1CCCC1. The fraction of sp³-hybridized carbons (Fsp3) is 0.917. The van der Waals surface area contributed by atoms with E-state index in [4.69, 9.17) is 5.11 Å². The molecule has 2 aliphatic carbocycles. The van der Waals surface area contributed by atoms with Crippen LogP contribution in [0.2, 0.25) is 0 Å². The van der Waals surface area contributed by atoms with Crippen molar-refractivity contribution in [2.24, 2.45) is 11.8 Å². The summed E-state index contributed by atoms with van der Waals surface area (Å²) in [5.74, 6) is 0.430. The Kier molecular flexibility index (Phi) is 3.29. The maximum Gasteiger partial charge on any atom is 0.320 e. The second-order valence-corrected chi connectivity index (χ2v) is 5.15. The quantitative estimate of drug-likeness (QED) is 0.731. The Morgan fingerprint density at radius 3 is 2.27 bits per heavy atom. The number of carboxylic acid groups (broad SMARTS) is 1. The molecule has 2 fully saturated rings. The van der Waals surface area contributed by atoms with Crippen molar-refractivity contribution in [2.75, 3.05) is 0 Å². The zero-order chi connectivity index (χ0) is 10.8. The maximum absolute atomic E-state index is 11.1. The van der Waals surface area contributed by atoms with Crippen molar-refractivity contribution in [3.8, 4) is 0 Å². The third-order valence-corrected chi connectivity index (χ3v) is 3.91. The molecule has 3 nitrogen and oxygen atoms in total. The number of nitrogens with one attached hydrogen (secondary N) is 1. The molecule has 2 rings (SSSR count). The summed E-state index contributed by atoms with van der Waals surface area (Å²) in [7, 11) is 0. The number of hydrogen-bond donors (Lipinski definition) is 2. The van der Waals surface area contributed by atoms with Crippen molar-refractivity contribution >= 4 is 5.97 Å². The Balaban J connectivity index is 1.84. The maximum atomic E-state index is 11.1. The van der Waals surface area contributed by atoms with E-state index in [0.717, 1.165) is 12.8 Å². The van der Waals surface area contributed by atoms with Gasteiger partial charge in [0.1, 0.15) is 6.04 Å². The van der Waals surface area contributed by atoms with Crippen molar-refractivity contribution in [3.63, 3.8) is 0 Å². The van der Waals surface area contributed by atoms with Gasteiger partial charge in [-0.25, -0.2) is 0 Å². The molecule has 0 heterocycles. The third kappa shape index (κ3) is 2.71. The summed E-state index contributed by atoms with van der Waals surface area (Å²) in [6, 6.07) is 0.0785. The van der Waals surface area contributed by atoms with Crippen LogP contribution >= 0.6 is 0 Å². The third-order valence-electron chi connectivity index (χ3n) is 3.91. The van der Waals surface area contributed by atoms with Crippen molar-refractivity contribution in [2.45, 2.75) is 57.5 Å². The van der Waals surface area contributed by atoms with E-state index in [-0.39, 0.29) is 6.04 Å². The van der Waals surface area contributed by atoms with E-state index >= 15 is 0 Å². The fourth-order valence-corrected chi connectivity index (χ4v) is 2.72. The summed E-state index contributed by atoms with van der Waals surface area (Å²) < 4.78 is 0. The second kappa shape index (κ2) is 4.52. The van der Waals surface area contributed by atoms with E-state index in [1.54, 1.807) is 0 Å². The van der Waals surface area contributed by atoms with Crippen LogP contribution in [-0.2, 0) is 4.79 Å². The van der Waals surface area contributed by atoms with Crippen LogP contribution in [-0.4, -0.2) is 23.2 Å². The van der Waals surface area contributed by atoms with Crippen LogP contribution in [0.5, 0.6) is 0 Å². The van der Waals surface area contributed by atoms with Crippen molar-refractivity contribution < 1.29 is 9.90 Å². The number of aliphatic carboxylic acids is 1. The molecule has 0 bridgehead atoms. The van der Waals surface area contributed by atoms with E-state index in [1.807, 2.05) is 0 Å². The number of carbonyl (C=O) groups is 1. The number of hydrogen-bond acceptors (Lipinski definition) is 2. The zero-order valence-electron chi connectivity index (χ0n) is 9.41. The minimum atomic E-state index is -0.664. The number of rotatable bonds is 5. The van der Waals surface area contributed by atoms with Gasteiger partial charge in [0.15, 0.2) is 0 Å². The molecule has 0 aromatic rings. The Morgan fingerprint density at radius 1 is 1.20 bits per heavy atom. The normalized spacial score (nSPS) is 26.5. The van der Waals surface area contributed by atoms with Crippen LogP contribution in [0.3, 0.4) is 0 Å². The largest absolute Gasteiger partial charge is 0.480 e. The lowest BCUT2D eigenvalue weighted by atomic mass is 9.98. The van der Waals surface area contributed by atoms with Gasteiger partial charge in [-0.05, 0) is 44.4 Å². The minimum absolute atomic E-state index is 0.291. The summed E-state index contributed by atoms with van der Waals surface area (Å²) in [6.45, 7) is 2.15. The standard InChI is InChI=1S/C12H21NO2/c1-8(9-4-2-3-5-9)13-11(12(14)15)10-6-7-10/h8-11,13H,2-7H2,1H3,(H,14,15)/t8-,11?/m1/s1. The summed E-state index contributed by atoms with van der Waals surface area (Å²) in [6.07, 6.45) is 7.34. The Hall–Kier alpha value is -0.570. The number of carboxylic acids is 1. The molecule has 2 aliphatic rings. The van der Waals surface area contributed by atoms with E-state index in [9.17, 15) is 4.79 Å². The molecule has 0 spiro atoms. The molecule has 15 heavy (non-hydrogen) atoms. The molecule has 0 radical (unpaired) electrons. The molecule has 0 amide bonds. The Morgan fingerprint density at radius 2 is 1.80 bits per heavy atom. The highest BCUT2D eigenvalue weighted by molar-refractivity contribution is 5.74. The fourth-order valence-electron chi connectivity index (χ4n) is 2.72. The molecular weight excluding hydrogens is 190 g/mol. The predicted molar refractivity (Wildman–Crippen MR) is 58.7 cm³/mol. The minimum Gasteiger partial charge on any atom is -0.480 e. The molecule has 0 aromatic heterocycles. The molecule has 2 saturated carbocycles. The van der Waals surface area contributed by atoms with Crippen molar-refractivity contribution in [1.29, 1.82) is 0 Å². The van der Waals surface area contributed by atoms with Gasteiger partial charge in [0.25, 0.3) is 0 Å². The first-order valence-corrected chi connectivity index (χ1v) is 6.17. The molecule has 2 N–H and O–H groups in total. The van der Waals surface area contributed by atoms with Crippen LogP contribution in [0, 0.1) is 11.8 Å². The van der Waals surface area contributed by atoms with E-state index in [0.29, 0.717) is 17.9 Å². The Bertz CT molecular complexity index is 232. The van der Waals surface area contributed by atoms with Crippen molar-refractivity contribution in [1.82, 2.24) is 5.32 Å². The van der Waals surface area contributed by atoms with Gasteiger partial charge < -0.3 is 10.4 Å². The predicted octanol–water partition coefficient (Wildman–Crippen LogP) is 2.02. The first-order chi connectivity index (χ1) is 7.18. The van der Waals surface area contributed by atoms with Gasteiger partial charge in [-0.15, -0.1) is 0 Å². The van der Waals surface area contributed by atoms with Gasteiger partial charge in [0.05, 0.1) is 0 Å². The van der Waals surface area contributed by atoms with Gasteiger partial charge in [-0.2, -0.15) is 0 Å². The van der Waals surface area contributed by atoms with Crippen LogP contribution < -0.4 is 5.32 Å². The molecule has 0 saturated heterocycles. The molecule has 3 heteroatoms. The zero-order valence-corrected chi connectivity index (χ0v) is 9.41. The highest BCUT2D eigenvalue weighted by Crippen LogP contribution is 2.34. The topological polar surface area (TPSA) is 49.3 Å². The molecule has 0 aromatic carbocycles.